The average molecular weight is 358 g/mol. The van der Waals surface area contributed by atoms with Crippen LogP contribution in [0, 0.1) is 5.82 Å². The van der Waals surface area contributed by atoms with Gasteiger partial charge in [-0.3, -0.25) is 4.79 Å². The maximum atomic E-state index is 12.9. The molecule has 2 saturated heterocycles. The standard InChI is InChI=1S/C18H19FN4O3/c19-13-1-3-14(4-2-13)22-17(24)15-11-21-16(12-20-15)23-7-5-18(6-8-23)25-9-10-26-18/h1-4,11-12H,5-10H2,(H,22,24). The molecule has 3 heterocycles. The fraction of sp³-hybridized carbons (Fsp3) is 0.389. The number of benzene rings is 1. The molecular weight excluding hydrogens is 339 g/mol. The summed E-state index contributed by atoms with van der Waals surface area (Å²) in [4.78, 5) is 22.9. The Kier molecular flexibility index (Phi) is 4.52. The Morgan fingerprint density at radius 3 is 2.38 bits per heavy atom. The van der Waals surface area contributed by atoms with E-state index in [1.54, 1.807) is 6.20 Å². The maximum absolute atomic E-state index is 12.9. The van der Waals surface area contributed by atoms with Gasteiger partial charge in [0.25, 0.3) is 5.91 Å². The first kappa shape index (κ1) is 16.9. The summed E-state index contributed by atoms with van der Waals surface area (Å²) in [5.41, 5.74) is 0.703. The molecule has 2 aliphatic heterocycles. The molecule has 8 heteroatoms. The van der Waals surface area contributed by atoms with Crippen LogP contribution in [0.2, 0.25) is 0 Å². The summed E-state index contributed by atoms with van der Waals surface area (Å²) in [7, 11) is 0. The van der Waals surface area contributed by atoms with Crippen molar-refractivity contribution in [2.75, 3.05) is 36.5 Å². The second kappa shape index (κ2) is 6.97. The number of halogens is 1. The molecule has 1 N–H and O–H groups in total. The van der Waals surface area contributed by atoms with E-state index in [-0.39, 0.29) is 17.4 Å². The van der Waals surface area contributed by atoms with E-state index in [0.29, 0.717) is 18.9 Å². The van der Waals surface area contributed by atoms with Gasteiger partial charge in [-0.1, -0.05) is 0 Å². The van der Waals surface area contributed by atoms with Gasteiger partial charge in [0, 0.05) is 31.6 Å². The van der Waals surface area contributed by atoms with Gasteiger partial charge in [0.2, 0.25) is 0 Å². The number of carbonyl (C=O) groups is 1. The summed E-state index contributed by atoms with van der Waals surface area (Å²) < 4.78 is 24.3. The molecule has 1 aromatic carbocycles. The lowest BCUT2D eigenvalue weighted by molar-refractivity contribution is -0.169. The lowest BCUT2D eigenvalue weighted by atomic mass is 10.0. The van der Waals surface area contributed by atoms with E-state index < -0.39 is 5.79 Å². The van der Waals surface area contributed by atoms with Crippen LogP contribution >= 0.6 is 0 Å². The number of aromatic nitrogens is 2. The lowest BCUT2D eigenvalue weighted by Crippen LogP contribution is -2.45. The molecule has 1 spiro atoms. The second-order valence-corrected chi connectivity index (χ2v) is 6.32. The Labute approximate surface area is 150 Å². The van der Waals surface area contributed by atoms with Crippen LogP contribution in [0.4, 0.5) is 15.9 Å². The van der Waals surface area contributed by atoms with E-state index in [4.69, 9.17) is 9.47 Å². The Hall–Kier alpha value is -2.58. The number of carbonyl (C=O) groups excluding carboxylic acids is 1. The Morgan fingerprint density at radius 1 is 1.08 bits per heavy atom. The summed E-state index contributed by atoms with van der Waals surface area (Å²) in [5.74, 6) is -0.458. The van der Waals surface area contributed by atoms with Gasteiger partial charge in [0.1, 0.15) is 17.3 Å². The minimum Gasteiger partial charge on any atom is -0.355 e. The van der Waals surface area contributed by atoms with Gasteiger partial charge >= 0.3 is 0 Å². The molecule has 0 radical (unpaired) electrons. The highest BCUT2D eigenvalue weighted by Gasteiger charge is 2.40. The quantitative estimate of drug-likeness (QED) is 0.907. The average Bonchev–Trinajstić information content (AvgIpc) is 3.12. The third-order valence-corrected chi connectivity index (χ3v) is 4.64. The molecule has 2 aromatic rings. The number of amides is 1. The summed E-state index contributed by atoms with van der Waals surface area (Å²) >= 11 is 0. The molecule has 0 saturated carbocycles. The first-order valence-corrected chi connectivity index (χ1v) is 8.55. The van der Waals surface area contributed by atoms with E-state index in [0.717, 1.165) is 31.7 Å². The molecule has 0 bridgehead atoms. The van der Waals surface area contributed by atoms with Crippen LogP contribution in [0.3, 0.4) is 0 Å². The van der Waals surface area contributed by atoms with E-state index in [2.05, 4.69) is 20.2 Å². The first-order valence-electron chi connectivity index (χ1n) is 8.55. The van der Waals surface area contributed by atoms with Crippen LogP contribution in [0.1, 0.15) is 23.3 Å². The molecule has 2 fully saturated rings. The van der Waals surface area contributed by atoms with E-state index >= 15 is 0 Å². The molecule has 1 aromatic heterocycles. The zero-order chi connectivity index (χ0) is 18.0. The largest absolute Gasteiger partial charge is 0.355 e. The van der Waals surface area contributed by atoms with Gasteiger partial charge in [-0.2, -0.15) is 0 Å². The molecule has 0 atom stereocenters. The third-order valence-electron chi connectivity index (χ3n) is 4.64. The van der Waals surface area contributed by atoms with Crippen molar-refractivity contribution in [2.45, 2.75) is 18.6 Å². The summed E-state index contributed by atoms with van der Waals surface area (Å²) in [5, 5.41) is 2.66. The molecule has 7 nitrogen and oxygen atoms in total. The molecular formula is C18H19FN4O3. The molecule has 1 amide bonds. The number of rotatable bonds is 3. The monoisotopic (exact) mass is 358 g/mol. The predicted molar refractivity (Wildman–Crippen MR) is 92.5 cm³/mol. The summed E-state index contributed by atoms with van der Waals surface area (Å²) in [6.45, 7) is 2.82. The second-order valence-electron chi connectivity index (χ2n) is 6.32. The van der Waals surface area contributed by atoms with Crippen LogP contribution in [0.15, 0.2) is 36.7 Å². The van der Waals surface area contributed by atoms with Gasteiger partial charge in [-0.25, -0.2) is 14.4 Å². The van der Waals surface area contributed by atoms with Crippen LogP contribution in [-0.4, -0.2) is 48.0 Å². The third kappa shape index (κ3) is 3.51. The minimum absolute atomic E-state index is 0.203. The minimum atomic E-state index is -0.432. The molecule has 4 rings (SSSR count). The Balaban J connectivity index is 1.37. The van der Waals surface area contributed by atoms with Crippen molar-refractivity contribution in [3.63, 3.8) is 0 Å². The van der Waals surface area contributed by atoms with Gasteiger partial charge in [0.15, 0.2) is 5.79 Å². The van der Waals surface area contributed by atoms with Crippen molar-refractivity contribution in [2.24, 2.45) is 0 Å². The molecule has 2 aliphatic rings. The number of hydrogen-bond acceptors (Lipinski definition) is 6. The normalized spacial score (nSPS) is 18.9. The number of anilines is 2. The lowest BCUT2D eigenvalue weighted by Gasteiger charge is -2.37. The van der Waals surface area contributed by atoms with E-state index in [1.807, 2.05) is 0 Å². The fourth-order valence-electron chi connectivity index (χ4n) is 3.19. The topological polar surface area (TPSA) is 76.6 Å². The van der Waals surface area contributed by atoms with Crippen molar-refractivity contribution in [3.8, 4) is 0 Å². The van der Waals surface area contributed by atoms with Gasteiger partial charge in [0.05, 0.1) is 25.6 Å². The van der Waals surface area contributed by atoms with E-state index in [1.165, 1.54) is 30.5 Å². The highest BCUT2D eigenvalue weighted by molar-refractivity contribution is 6.02. The smallest absolute Gasteiger partial charge is 0.275 e. The Morgan fingerprint density at radius 2 is 1.77 bits per heavy atom. The van der Waals surface area contributed by atoms with Gasteiger partial charge < -0.3 is 19.7 Å². The van der Waals surface area contributed by atoms with Gasteiger partial charge in [-0.15, -0.1) is 0 Å². The van der Waals surface area contributed by atoms with Crippen LogP contribution in [-0.2, 0) is 9.47 Å². The number of nitrogens with one attached hydrogen (secondary N) is 1. The van der Waals surface area contributed by atoms with E-state index in [9.17, 15) is 9.18 Å². The number of nitrogens with zero attached hydrogens (tertiary/aromatic N) is 3. The van der Waals surface area contributed by atoms with Crippen molar-refractivity contribution in [1.82, 2.24) is 9.97 Å². The number of hydrogen-bond donors (Lipinski definition) is 1. The molecule has 136 valence electrons. The molecule has 0 aliphatic carbocycles. The van der Waals surface area contributed by atoms with Crippen molar-refractivity contribution in [1.29, 1.82) is 0 Å². The fourth-order valence-corrected chi connectivity index (χ4v) is 3.19. The first-order chi connectivity index (χ1) is 12.6. The van der Waals surface area contributed by atoms with Crippen LogP contribution < -0.4 is 10.2 Å². The van der Waals surface area contributed by atoms with Crippen molar-refractivity contribution < 1.29 is 18.7 Å². The van der Waals surface area contributed by atoms with Crippen LogP contribution in [0.25, 0.3) is 0 Å². The maximum Gasteiger partial charge on any atom is 0.275 e. The Bertz CT molecular complexity index is 766. The highest BCUT2D eigenvalue weighted by Crippen LogP contribution is 2.32. The zero-order valence-electron chi connectivity index (χ0n) is 14.2. The zero-order valence-corrected chi connectivity index (χ0v) is 14.2. The van der Waals surface area contributed by atoms with Crippen molar-refractivity contribution in [3.05, 3.63) is 48.2 Å². The van der Waals surface area contributed by atoms with Gasteiger partial charge in [-0.05, 0) is 24.3 Å². The highest BCUT2D eigenvalue weighted by atomic mass is 19.1. The summed E-state index contributed by atoms with van der Waals surface area (Å²) in [6.07, 6.45) is 4.60. The molecule has 26 heavy (non-hydrogen) atoms. The van der Waals surface area contributed by atoms with Crippen LogP contribution in [0.5, 0.6) is 0 Å². The summed E-state index contributed by atoms with van der Waals surface area (Å²) in [6, 6.07) is 5.55. The number of ether oxygens (including phenoxy) is 2. The van der Waals surface area contributed by atoms with Crippen molar-refractivity contribution >= 4 is 17.4 Å². The number of piperidine rings is 1. The SMILES string of the molecule is O=C(Nc1ccc(F)cc1)c1cnc(N2CCC3(CC2)OCCO3)cn1. The predicted octanol–water partition coefficient (Wildman–Crippen LogP) is 2.21. The molecule has 0 unspecified atom stereocenters.